The molecule has 1 atom stereocenters. The number of fused-ring (bicyclic) bond motifs is 5. The van der Waals surface area contributed by atoms with E-state index in [4.69, 9.17) is 74.1 Å². The number of aliphatic hydroxyl groups excluding tert-OH is 10. The molecule has 1 unspecified atom stereocenters. The minimum Gasteiger partial charge on any atom is -0.466 e. The molecule has 0 amide bonds. The van der Waals surface area contributed by atoms with Crippen molar-refractivity contribution in [2.45, 2.75) is 72.0 Å². The van der Waals surface area contributed by atoms with Crippen LogP contribution in [0, 0.1) is 0 Å². The number of carbonyl (C=O) groups is 4. The standard InChI is InChI=1S/C14H16O2.C13H14O2.C10H10O2.C10H8.2C9H6O2.C5H8O2.10CH4O/c1-10(2)14(15)16-13-8-7-11-5-3-4-6-12(11)9-13;1-9(2)13(14)15-12-7-10-5-3-4-6-11(10)8-12;1-8(2)10(11)12-9-6-4-3-5-7-9;1-2-6-10-8-4-3-7-9(10)5-1;10-8-5-6-11-9-4-2-1-3-7(8)9;10-9-6-5-7-3-1-2-4-8(7)11-9;1-4(2)5(6)7-3;10*1-2/h3-6,13H,1,7-9H2,2H3;3-6,12H,1,7-8H2,2H3;3-7H,1H2,2H3;1-8H;2*1-6H;1H2,2-3H3;10*2H,1H3. The molecule has 9 aromatic rings. The van der Waals surface area contributed by atoms with Crippen molar-refractivity contribution in [3.05, 3.63) is 292 Å². The van der Waals surface area contributed by atoms with E-state index in [2.05, 4.69) is 110 Å². The monoisotopic (exact) mass is 1420 g/mol. The molecule has 0 saturated carbocycles. The number of ether oxygens (including phenoxy) is 4. The molecule has 0 bridgehead atoms. The van der Waals surface area contributed by atoms with Gasteiger partial charge in [0.2, 0.25) is 0 Å². The first-order valence-electron chi connectivity index (χ1n) is 30.8. The molecule has 102 heavy (non-hydrogen) atoms. The van der Waals surface area contributed by atoms with Crippen molar-refractivity contribution >= 4 is 56.6 Å². The van der Waals surface area contributed by atoms with Gasteiger partial charge in [0.05, 0.1) is 18.8 Å². The summed E-state index contributed by atoms with van der Waals surface area (Å²) < 4.78 is 29.9. The molecular weight excluding hydrogens is 1310 g/mol. The number of hydrogen-bond acceptors (Lipinski definition) is 22. The number of hydrogen-bond donors (Lipinski definition) is 10. The second-order valence-electron chi connectivity index (χ2n) is 19.0. The highest BCUT2D eigenvalue weighted by atomic mass is 16.6. The normalized spacial score (nSPS) is 10.5. The number of para-hydroxylation sites is 3. The zero-order chi connectivity index (χ0) is 79.4. The third kappa shape index (κ3) is 44.6. The van der Waals surface area contributed by atoms with Crippen molar-refractivity contribution in [3.8, 4) is 5.75 Å². The van der Waals surface area contributed by atoms with E-state index in [-0.39, 0.29) is 47.1 Å². The fourth-order valence-electron chi connectivity index (χ4n) is 7.90. The summed E-state index contributed by atoms with van der Waals surface area (Å²) in [7, 11) is 11.3. The van der Waals surface area contributed by atoms with Gasteiger partial charge in [0.1, 0.15) is 29.1 Å². The molecule has 2 aliphatic carbocycles. The predicted octanol–water partition coefficient (Wildman–Crippen LogP) is 10.4. The van der Waals surface area contributed by atoms with Gasteiger partial charge < -0.3 is 78.8 Å². The molecule has 7 aromatic carbocycles. The molecule has 0 saturated heterocycles. The molecule has 22 heteroatoms. The van der Waals surface area contributed by atoms with E-state index in [0.717, 1.165) is 109 Å². The zero-order valence-electron chi connectivity index (χ0n) is 61.4. The lowest BCUT2D eigenvalue weighted by Crippen LogP contribution is -2.25. The van der Waals surface area contributed by atoms with Gasteiger partial charge in [0.25, 0.3) is 0 Å². The summed E-state index contributed by atoms with van der Waals surface area (Å²) >= 11 is 0. The Morgan fingerprint density at radius 1 is 0.373 bits per heavy atom. The lowest BCUT2D eigenvalue weighted by Gasteiger charge is -2.24. The van der Waals surface area contributed by atoms with Crippen molar-refractivity contribution in [2.75, 3.05) is 78.2 Å². The van der Waals surface area contributed by atoms with Crippen LogP contribution in [0.1, 0.15) is 56.4 Å². The fourth-order valence-corrected chi connectivity index (χ4v) is 7.90. The molecule has 22 nitrogen and oxygen atoms in total. The van der Waals surface area contributed by atoms with Gasteiger partial charge in [-0.1, -0.05) is 172 Å². The molecule has 2 aliphatic rings. The van der Waals surface area contributed by atoms with Gasteiger partial charge >= 0.3 is 29.5 Å². The van der Waals surface area contributed by atoms with Crippen LogP contribution in [0.2, 0.25) is 0 Å². The fraction of sp³-hybridized carbons (Fsp3) is 0.275. The number of carbonyl (C=O) groups excluding carboxylic acids is 4. The number of aryl methyl sites for hydroxylation is 1. The maximum Gasteiger partial charge on any atom is 0.338 e. The predicted molar refractivity (Wildman–Crippen MR) is 406 cm³/mol. The molecule has 2 heterocycles. The first-order valence-corrected chi connectivity index (χ1v) is 30.8. The third-order valence-electron chi connectivity index (χ3n) is 12.1. The summed E-state index contributed by atoms with van der Waals surface area (Å²) in [5, 5.41) is 74.2. The Morgan fingerprint density at radius 3 is 1.12 bits per heavy atom. The summed E-state index contributed by atoms with van der Waals surface area (Å²) in [5.41, 5.74) is 8.01. The van der Waals surface area contributed by atoms with Gasteiger partial charge in [-0.15, -0.1) is 0 Å². The van der Waals surface area contributed by atoms with E-state index in [1.54, 1.807) is 76.2 Å². The lowest BCUT2D eigenvalue weighted by atomic mass is 9.90. The van der Waals surface area contributed by atoms with E-state index in [1.807, 2.05) is 54.6 Å². The van der Waals surface area contributed by atoms with E-state index in [1.165, 1.54) is 58.5 Å². The molecule has 11 rings (SSSR count). The van der Waals surface area contributed by atoms with Crippen molar-refractivity contribution in [1.82, 2.24) is 0 Å². The Bertz CT molecular complexity index is 3680. The largest absolute Gasteiger partial charge is 0.466 e. The van der Waals surface area contributed by atoms with Gasteiger partial charge in [-0.3, -0.25) is 4.79 Å². The average molecular weight is 1420 g/mol. The minimum atomic E-state index is -0.388. The van der Waals surface area contributed by atoms with E-state index < -0.39 is 0 Å². The SMILES string of the molecule is C=C(C)C(=O)OC.C=C(C)C(=O)OC1CCc2ccccc2C1.C=C(C)C(=O)OC1Cc2ccccc2C1.C=C(C)C(=O)Oc1ccccc1.CO.CO.CO.CO.CO.CO.CO.CO.CO.CO.O=c1ccc2ccccc2o1.O=c1ccoc2ccccc12.c1ccc2ccccc2c1. The quantitative estimate of drug-likeness (QED) is 0.0233. The highest BCUT2D eigenvalue weighted by Gasteiger charge is 2.24. The van der Waals surface area contributed by atoms with Crippen LogP contribution in [0.25, 0.3) is 32.7 Å². The molecule has 0 aliphatic heterocycles. The number of esters is 4. The molecule has 0 spiro atoms. The van der Waals surface area contributed by atoms with Crippen LogP contribution in [0.5, 0.6) is 5.75 Å². The second-order valence-corrected chi connectivity index (χ2v) is 19.0. The Morgan fingerprint density at radius 2 is 0.716 bits per heavy atom. The highest BCUT2D eigenvalue weighted by molar-refractivity contribution is 5.89. The lowest BCUT2D eigenvalue weighted by molar-refractivity contribution is -0.145. The van der Waals surface area contributed by atoms with Gasteiger partial charge in [0, 0.05) is 130 Å². The molecule has 560 valence electrons. The molecule has 2 aromatic heterocycles. The Labute approximate surface area is 599 Å². The van der Waals surface area contributed by atoms with Crippen LogP contribution >= 0.6 is 0 Å². The summed E-state index contributed by atoms with van der Waals surface area (Å²) in [4.78, 5) is 65.7. The number of benzene rings is 7. The van der Waals surface area contributed by atoms with E-state index in [0.29, 0.717) is 44.6 Å². The average Bonchev–Trinajstić information content (AvgIpc) is 1.39. The third-order valence-corrected chi connectivity index (χ3v) is 12.1. The summed E-state index contributed by atoms with van der Waals surface area (Å²) in [6, 6.07) is 61.4. The second kappa shape index (κ2) is 69.2. The minimum absolute atomic E-state index is 0.00634. The Balaban J connectivity index is -0.000000255. The van der Waals surface area contributed by atoms with Crippen LogP contribution in [0.3, 0.4) is 0 Å². The number of methoxy groups -OCH3 is 1. The van der Waals surface area contributed by atoms with Crippen molar-refractivity contribution in [2.24, 2.45) is 0 Å². The van der Waals surface area contributed by atoms with E-state index in [9.17, 15) is 28.8 Å². The molecule has 0 radical (unpaired) electrons. The van der Waals surface area contributed by atoms with Crippen LogP contribution in [-0.4, -0.2) is 165 Å². The van der Waals surface area contributed by atoms with Gasteiger partial charge in [0.15, 0.2) is 5.43 Å². The highest BCUT2D eigenvalue weighted by Crippen LogP contribution is 2.25. The molecular formula is C80H108O22. The van der Waals surface area contributed by atoms with Crippen LogP contribution < -0.4 is 15.8 Å². The number of rotatable bonds is 7. The maximum atomic E-state index is 11.4. The topological polar surface area (TPSA) is 368 Å². The number of aliphatic hydroxyl groups is 10. The van der Waals surface area contributed by atoms with Crippen molar-refractivity contribution in [3.63, 3.8) is 0 Å². The van der Waals surface area contributed by atoms with E-state index >= 15 is 0 Å². The Hall–Kier alpha value is -10.3. The van der Waals surface area contributed by atoms with Gasteiger partial charge in [-0.25, -0.2) is 24.0 Å². The first-order chi connectivity index (χ1) is 49.4. The zero-order valence-corrected chi connectivity index (χ0v) is 61.4. The Kier molecular flexibility index (Phi) is 69.6. The smallest absolute Gasteiger partial charge is 0.338 e. The maximum absolute atomic E-state index is 11.4. The van der Waals surface area contributed by atoms with Crippen molar-refractivity contribution < 1.29 is 98.0 Å². The van der Waals surface area contributed by atoms with Crippen LogP contribution in [-0.2, 0) is 59.1 Å². The van der Waals surface area contributed by atoms with Crippen molar-refractivity contribution in [1.29, 1.82) is 0 Å². The molecule has 10 N–H and O–H groups in total. The molecule has 0 fully saturated rings. The van der Waals surface area contributed by atoms with Crippen LogP contribution in [0.4, 0.5) is 0 Å². The van der Waals surface area contributed by atoms with Gasteiger partial charge in [-0.2, -0.15) is 0 Å². The van der Waals surface area contributed by atoms with Crippen LogP contribution in [0.15, 0.2) is 267 Å². The first kappa shape index (κ1) is 103. The summed E-state index contributed by atoms with van der Waals surface area (Å²) in [6.45, 7) is 20.6. The van der Waals surface area contributed by atoms with Gasteiger partial charge in [-0.05, 0) is 110 Å². The summed E-state index contributed by atoms with van der Waals surface area (Å²) in [6.07, 6.45) is 5.80. The summed E-state index contributed by atoms with van der Waals surface area (Å²) in [5.74, 6) is -0.746.